The SMILES string of the molecule is CNC(COC)Cc1nnc(C)c2ccccc12. The Morgan fingerprint density at radius 3 is 2.61 bits per heavy atom. The summed E-state index contributed by atoms with van der Waals surface area (Å²) in [5.74, 6) is 0. The van der Waals surface area contributed by atoms with Crippen LogP contribution in [-0.4, -0.2) is 37.0 Å². The van der Waals surface area contributed by atoms with Crippen molar-refractivity contribution < 1.29 is 4.74 Å². The lowest BCUT2D eigenvalue weighted by Crippen LogP contribution is -2.32. The highest BCUT2D eigenvalue weighted by Gasteiger charge is 2.12. The van der Waals surface area contributed by atoms with Gasteiger partial charge in [0.25, 0.3) is 0 Å². The van der Waals surface area contributed by atoms with Gasteiger partial charge in [-0.15, -0.1) is 0 Å². The zero-order valence-electron chi connectivity index (χ0n) is 11.1. The molecule has 0 amide bonds. The number of hydrogen-bond donors (Lipinski definition) is 1. The normalized spacial score (nSPS) is 12.8. The van der Waals surface area contributed by atoms with Gasteiger partial charge in [-0.25, -0.2) is 0 Å². The van der Waals surface area contributed by atoms with Gasteiger partial charge in [-0.05, 0) is 14.0 Å². The maximum atomic E-state index is 5.19. The molecule has 0 radical (unpaired) electrons. The zero-order valence-corrected chi connectivity index (χ0v) is 11.1. The number of nitrogens with one attached hydrogen (secondary N) is 1. The number of benzene rings is 1. The van der Waals surface area contributed by atoms with E-state index in [2.05, 4.69) is 27.6 Å². The fourth-order valence-electron chi connectivity index (χ4n) is 2.12. The number of rotatable bonds is 5. The summed E-state index contributed by atoms with van der Waals surface area (Å²) in [7, 11) is 3.65. The standard InChI is InChI=1S/C14H19N3O/c1-10-12-6-4-5-7-13(12)14(17-16-10)8-11(15-2)9-18-3/h4-7,11,15H,8-9H2,1-3H3. The molecule has 0 aliphatic heterocycles. The van der Waals surface area contributed by atoms with Crippen LogP contribution in [0.3, 0.4) is 0 Å². The molecule has 4 nitrogen and oxygen atoms in total. The predicted octanol–water partition coefficient (Wildman–Crippen LogP) is 1.72. The molecular weight excluding hydrogens is 226 g/mol. The van der Waals surface area contributed by atoms with Gasteiger partial charge >= 0.3 is 0 Å². The first-order chi connectivity index (χ1) is 8.76. The van der Waals surface area contributed by atoms with E-state index in [0.29, 0.717) is 6.61 Å². The van der Waals surface area contributed by atoms with Crippen LogP contribution in [-0.2, 0) is 11.2 Å². The van der Waals surface area contributed by atoms with Crippen molar-refractivity contribution in [2.75, 3.05) is 20.8 Å². The van der Waals surface area contributed by atoms with E-state index in [-0.39, 0.29) is 6.04 Å². The maximum absolute atomic E-state index is 5.19. The van der Waals surface area contributed by atoms with E-state index in [1.807, 2.05) is 26.1 Å². The van der Waals surface area contributed by atoms with Gasteiger partial charge in [0.2, 0.25) is 0 Å². The van der Waals surface area contributed by atoms with Crippen molar-refractivity contribution in [2.24, 2.45) is 0 Å². The van der Waals surface area contributed by atoms with Crippen molar-refractivity contribution in [1.82, 2.24) is 15.5 Å². The van der Waals surface area contributed by atoms with E-state index in [0.717, 1.165) is 17.8 Å². The lowest BCUT2D eigenvalue weighted by Gasteiger charge is -2.15. The molecule has 0 aliphatic carbocycles. The fourth-order valence-corrected chi connectivity index (χ4v) is 2.12. The summed E-state index contributed by atoms with van der Waals surface area (Å²) in [5, 5.41) is 14.2. The van der Waals surface area contributed by atoms with Crippen LogP contribution in [0, 0.1) is 6.92 Å². The highest BCUT2D eigenvalue weighted by atomic mass is 16.5. The smallest absolute Gasteiger partial charge is 0.0725 e. The molecule has 1 aromatic heterocycles. The van der Waals surface area contributed by atoms with E-state index in [1.165, 1.54) is 10.8 Å². The highest BCUT2D eigenvalue weighted by Crippen LogP contribution is 2.19. The number of aromatic nitrogens is 2. The van der Waals surface area contributed by atoms with Gasteiger partial charge in [0, 0.05) is 30.3 Å². The van der Waals surface area contributed by atoms with Gasteiger partial charge in [-0.2, -0.15) is 10.2 Å². The van der Waals surface area contributed by atoms with Gasteiger partial charge in [0.1, 0.15) is 0 Å². The topological polar surface area (TPSA) is 47.0 Å². The van der Waals surface area contributed by atoms with Gasteiger partial charge < -0.3 is 10.1 Å². The zero-order chi connectivity index (χ0) is 13.0. The second-order valence-corrected chi connectivity index (χ2v) is 4.42. The quantitative estimate of drug-likeness (QED) is 0.871. The van der Waals surface area contributed by atoms with Crippen LogP contribution < -0.4 is 5.32 Å². The summed E-state index contributed by atoms with van der Waals surface area (Å²) >= 11 is 0. The summed E-state index contributed by atoms with van der Waals surface area (Å²) in [6, 6.07) is 8.53. The molecule has 18 heavy (non-hydrogen) atoms. The van der Waals surface area contributed by atoms with Gasteiger partial charge in [0.15, 0.2) is 0 Å². The van der Waals surface area contributed by atoms with Gasteiger partial charge in [0.05, 0.1) is 18.0 Å². The van der Waals surface area contributed by atoms with E-state index < -0.39 is 0 Å². The van der Waals surface area contributed by atoms with Gasteiger partial charge in [-0.1, -0.05) is 24.3 Å². The number of hydrogen-bond acceptors (Lipinski definition) is 4. The molecule has 0 spiro atoms. The molecule has 96 valence electrons. The monoisotopic (exact) mass is 245 g/mol. The first-order valence-corrected chi connectivity index (χ1v) is 6.13. The Hall–Kier alpha value is -1.52. The molecule has 4 heteroatoms. The van der Waals surface area contributed by atoms with Crippen LogP contribution in [0.4, 0.5) is 0 Å². The van der Waals surface area contributed by atoms with Crippen molar-refractivity contribution in [3.63, 3.8) is 0 Å². The lowest BCUT2D eigenvalue weighted by molar-refractivity contribution is 0.169. The minimum absolute atomic E-state index is 0.260. The van der Waals surface area contributed by atoms with Crippen molar-refractivity contribution in [3.05, 3.63) is 35.7 Å². The molecule has 1 atom stereocenters. The molecule has 2 rings (SSSR count). The van der Waals surface area contributed by atoms with E-state index >= 15 is 0 Å². The number of fused-ring (bicyclic) bond motifs is 1. The largest absolute Gasteiger partial charge is 0.383 e. The first-order valence-electron chi connectivity index (χ1n) is 6.13. The van der Waals surface area contributed by atoms with Crippen LogP contribution in [0.25, 0.3) is 10.8 Å². The number of aryl methyl sites for hydroxylation is 1. The first kappa shape index (κ1) is 12.9. The number of methoxy groups -OCH3 is 1. The molecule has 0 bridgehead atoms. The Kier molecular flexibility index (Phi) is 4.23. The molecule has 1 heterocycles. The molecule has 1 aromatic carbocycles. The van der Waals surface area contributed by atoms with Crippen LogP contribution in [0.5, 0.6) is 0 Å². The van der Waals surface area contributed by atoms with Crippen LogP contribution in [0.1, 0.15) is 11.4 Å². The highest BCUT2D eigenvalue weighted by molar-refractivity contribution is 5.86. The van der Waals surface area contributed by atoms with Gasteiger partial charge in [-0.3, -0.25) is 0 Å². The average molecular weight is 245 g/mol. The predicted molar refractivity (Wildman–Crippen MR) is 72.7 cm³/mol. The van der Waals surface area contributed by atoms with Crippen molar-refractivity contribution >= 4 is 10.8 Å². The maximum Gasteiger partial charge on any atom is 0.0725 e. The van der Waals surface area contributed by atoms with Crippen molar-refractivity contribution in [1.29, 1.82) is 0 Å². The van der Waals surface area contributed by atoms with Crippen LogP contribution in [0.2, 0.25) is 0 Å². The number of likely N-dealkylation sites (N-methyl/N-ethyl adjacent to an activating group) is 1. The summed E-state index contributed by atoms with van der Waals surface area (Å²) in [4.78, 5) is 0. The molecule has 2 aromatic rings. The van der Waals surface area contributed by atoms with Crippen LogP contribution in [0.15, 0.2) is 24.3 Å². The Morgan fingerprint density at radius 1 is 1.22 bits per heavy atom. The minimum Gasteiger partial charge on any atom is -0.383 e. The summed E-state index contributed by atoms with van der Waals surface area (Å²) in [5.41, 5.74) is 2.00. The Morgan fingerprint density at radius 2 is 1.94 bits per heavy atom. The van der Waals surface area contributed by atoms with E-state index in [9.17, 15) is 0 Å². The molecule has 0 saturated heterocycles. The molecule has 1 N–H and O–H groups in total. The molecule has 0 fully saturated rings. The lowest BCUT2D eigenvalue weighted by atomic mass is 10.0. The third-order valence-electron chi connectivity index (χ3n) is 3.16. The van der Waals surface area contributed by atoms with Crippen molar-refractivity contribution in [2.45, 2.75) is 19.4 Å². The fraction of sp³-hybridized carbons (Fsp3) is 0.429. The van der Waals surface area contributed by atoms with Crippen molar-refractivity contribution in [3.8, 4) is 0 Å². The average Bonchev–Trinajstić information content (AvgIpc) is 2.41. The second-order valence-electron chi connectivity index (χ2n) is 4.42. The van der Waals surface area contributed by atoms with E-state index in [4.69, 9.17) is 4.74 Å². The Labute approximate surface area is 107 Å². The number of nitrogens with zero attached hydrogens (tertiary/aromatic N) is 2. The molecule has 1 unspecified atom stereocenters. The summed E-state index contributed by atoms with van der Waals surface area (Å²) < 4.78 is 5.19. The third-order valence-corrected chi connectivity index (χ3v) is 3.16. The molecule has 0 aliphatic rings. The van der Waals surface area contributed by atoms with E-state index in [1.54, 1.807) is 7.11 Å². The third kappa shape index (κ3) is 2.66. The number of ether oxygens (including phenoxy) is 1. The Balaban J connectivity index is 2.36. The summed E-state index contributed by atoms with van der Waals surface area (Å²) in [6.07, 6.45) is 0.818. The molecular formula is C14H19N3O. The second kappa shape index (κ2) is 5.89. The minimum atomic E-state index is 0.260. The Bertz CT molecular complexity index is 527. The van der Waals surface area contributed by atoms with Crippen LogP contribution >= 0.6 is 0 Å². The molecule has 0 saturated carbocycles. The summed E-state index contributed by atoms with van der Waals surface area (Å²) in [6.45, 7) is 2.66.